The van der Waals surface area contributed by atoms with Gasteiger partial charge in [0.25, 0.3) is 0 Å². The molecule has 1 atom stereocenters. The lowest BCUT2D eigenvalue weighted by Crippen LogP contribution is -2.40. The fourth-order valence-corrected chi connectivity index (χ4v) is 4.67. The number of amides is 2. The summed E-state index contributed by atoms with van der Waals surface area (Å²) in [7, 11) is -4.52. The Morgan fingerprint density at radius 1 is 1.06 bits per heavy atom. The van der Waals surface area contributed by atoms with Crippen molar-refractivity contribution in [1.82, 2.24) is 4.90 Å². The Bertz CT molecular complexity index is 1330. The zero-order valence-electron chi connectivity index (χ0n) is 19.4. The van der Waals surface area contributed by atoms with Gasteiger partial charge in [-0.3, -0.25) is 0 Å². The van der Waals surface area contributed by atoms with Crippen LogP contribution in [0.25, 0.3) is 0 Å². The van der Waals surface area contributed by atoms with Gasteiger partial charge in [0.2, 0.25) is 0 Å². The molecular weight excluding hydrogens is 561 g/mol. The molecule has 6 nitrogen and oxygen atoms in total. The number of urea groups is 1. The second kappa shape index (κ2) is 11.3. The minimum absolute atomic E-state index is 0.0820. The summed E-state index contributed by atoms with van der Waals surface area (Å²) in [5.41, 5.74) is 0.0879. The fourth-order valence-electron chi connectivity index (χ4n) is 3.30. The van der Waals surface area contributed by atoms with E-state index in [2.05, 4.69) is 21.2 Å². The minimum Gasteiger partial charge on any atom is -0.379 e. The Hall–Kier alpha value is -3.05. The molecule has 0 radical (unpaired) electrons. The van der Waals surface area contributed by atoms with E-state index in [1.165, 1.54) is 12.1 Å². The van der Waals surface area contributed by atoms with Crippen molar-refractivity contribution < 1.29 is 30.6 Å². The van der Waals surface area contributed by atoms with Crippen LogP contribution in [0.2, 0.25) is 0 Å². The van der Waals surface area contributed by atoms with Gasteiger partial charge in [-0.15, -0.1) is 0 Å². The number of nitrogens with zero attached hydrogens (tertiary/aromatic N) is 1. The maximum Gasteiger partial charge on any atom is 0.416 e. The molecule has 3 rings (SSSR count). The lowest BCUT2D eigenvalue weighted by molar-refractivity contribution is -0.137. The molecule has 3 aromatic rings. The van der Waals surface area contributed by atoms with E-state index in [-0.39, 0.29) is 24.4 Å². The molecule has 0 aliphatic rings. The lowest BCUT2D eigenvalue weighted by Gasteiger charge is -2.29. The van der Waals surface area contributed by atoms with Crippen LogP contribution >= 0.6 is 15.9 Å². The normalized spacial score (nSPS) is 12.6. The summed E-state index contributed by atoms with van der Waals surface area (Å²) in [4.78, 5) is 14.0. The Balaban J connectivity index is 1.80. The van der Waals surface area contributed by atoms with Gasteiger partial charge in [0.1, 0.15) is 10.6 Å². The maximum atomic E-state index is 13.0. The highest BCUT2D eigenvalue weighted by molar-refractivity contribution is 9.10. The van der Waals surface area contributed by atoms with Gasteiger partial charge in [-0.1, -0.05) is 47.1 Å². The summed E-state index contributed by atoms with van der Waals surface area (Å²) in [5.74, 6) is -0.0820. The number of rotatable bonds is 8. The zero-order valence-corrected chi connectivity index (χ0v) is 21.8. The van der Waals surface area contributed by atoms with Crippen LogP contribution in [0.15, 0.2) is 82.2 Å². The van der Waals surface area contributed by atoms with E-state index in [0.29, 0.717) is 23.7 Å². The third kappa shape index (κ3) is 7.23. The van der Waals surface area contributed by atoms with Crippen molar-refractivity contribution >= 4 is 37.8 Å². The monoisotopic (exact) mass is 584 g/mol. The zero-order chi connectivity index (χ0) is 26.5. The summed E-state index contributed by atoms with van der Waals surface area (Å²) in [6.45, 7) is 3.97. The first-order valence-electron chi connectivity index (χ1n) is 10.9. The molecule has 0 spiro atoms. The molecule has 0 bridgehead atoms. The van der Waals surface area contributed by atoms with Crippen LogP contribution in [0.4, 0.5) is 23.7 Å². The van der Waals surface area contributed by atoms with Crippen molar-refractivity contribution in [1.29, 1.82) is 0 Å². The molecule has 0 aromatic heterocycles. The fraction of sp³-hybridized carbons (Fsp3) is 0.240. The standard InChI is InChI=1S/C25H24BrF3N2O4S/c1-3-17(2)31(24(32)30-21-10-6-9-20(26)15-21)16-18-7-4-11-22(13-18)35-36(33,34)23-12-5-8-19(14-23)25(27,28)29/h4-15,17H,3,16H2,1-2H3,(H,30,32). The smallest absolute Gasteiger partial charge is 0.379 e. The van der Waals surface area contributed by atoms with Gasteiger partial charge < -0.3 is 14.4 Å². The maximum absolute atomic E-state index is 13.0. The van der Waals surface area contributed by atoms with Crippen LogP contribution in [0.5, 0.6) is 5.75 Å². The number of alkyl halides is 3. The lowest BCUT2D eigenvalue weighted by atomic mass is 10.1. The minimum atomic E-state index is -4.69. The molecule has 1 N–H and O–H groups in total. The number of carbonyl (C=O) groups excluding carboxylic acids is 1. The van der Waals surface area contributed by atoms with Crippen molar-refractivity contribution in [2.24, 2.45) is 0 Å². The summed E-state index contributed by atoms with van der Waals surface area (Å²) in [5, 5.41) is 2.85. The van der Waals surface area contributed by atoms with Crippen molar-refractivity contribution in [2.75, 3.05) is 5.32 Å². The molecule has 3 aromatic carbocycles. The Morgan fingerprint density at radius 2 is 1.75 bits per heavy atom. The molecular formula is C25H24BrF3N2O4S. The third-order valence-corrected chi connectivity index (χ3v) is 7.10. The van der Waals surface area contributed by atoms with E-state index in [1.54, 1.807) is 35.2 Å². The van der Waals surface area contributed by atoms with Gasteiger partial charge in [0.05, 0.1) is 5.56 Å². The SMILES string of the molecule is CCC(C)N(Cc1cccc(OS(=O)(=O)c2cccc(C(F)(F)F)c2)c1)C(=O)Nc1cccc(Br)c1. The number of anilines is 1. The van der Waals surface area contributed by atoms with E-state index < -0.39 is 26.8 Å². The van der Waals surface area contributed by atoms with E-state index in [0.717, 1.165) is 22.7 Å². The second-order valence-corrected chi connectivity index (χ2v) is 10.5. The molecule has 0 fully saturated rings. The highest BCUT2D eigenvalue weighted by atomic mass is 79.9. The Labute approximate surface area is 216 Å². The highest BCUT2D eigenvalue weighted by Crippen LogP contribution is 2.31. The molecule has 192 valence electrons. The highest BCUT2D eigenvalue weighted by Gasteiger charge is 2.32. The van der Waals surface area contributed by atoms with Crippen molar-refractivity contribution in [3.8, 4) is 5.75 Å². The average Bonchev–Trinajstić information content (AvgIpc) is 2.81. The van der Waals surface area contributed by atoms with Crippen molar-refractivity contribution in [2.45, 2.75) is 43.9 Å². The molecule has 36 heavy (non-hydrogen) atoms. The molecule has 0 aliphatic carbocycles. The van der Waals surface area contributed by atoms with Gasteiger partial charge >= 0.3 is 22.3 Å². The average molecular weight is 585 g/mol. The summed E-state index contributed by atoms with van der Waals surface area (Å²) >= 11 is 3.36. The van der Waals surface area contributed by atoms with E-state index in [9.17, 15) is 26.4 Å². The molecule has 0 saturated heterocycles. The van der Waals surface area contributed by atoms with Crippen LogP contribution in [-0.4, -0.2) is 25.4 Å². The Kier molecular flexibility index (Phi) is 8.67. The summed E-state index contributed by atoms with van der Waals surface area (Å²) < 4.78 is 70.2. The topological polar surface area (TPSA) is 75.7 Å². The van der Waals surface area contributed by atoms with Crippen LogP contribution in [0, 0.1) is 0 Å². The molecule has 1 unspecified atom stereocenters. The number of hydrogen-bond donors (Lipinski definition) is 1. The number of halogens is 4. The van der Waals surface area contributed by atoms with Gasteiger partial charge in [0.15, 0.2) is 0 Å². The van der Waals surface area contributed by atoms with Crippen molar-refractivity contribution in [3.05, 3.63) is 88.4 Å². The largest absolute Gasteiger partial charge is 0.416 e. The van der Waals surface area contributed by atoms with Crippen molar-refractivity contribution in [3.63, 3.8) is 0 Å². The second-order valence-electron chi connectivity index (χ2n) is 8.04. The number of carbonyl (C=O) groups is 1. The van der Waals surface area contributed by atoms with E-state index >= 15 is 0 Å². The van der Waals surface area contributed by atoms with E-state index in [1.807, 2.05) is 19.9 Å². The Morgan fingerprint density at radius 3 is 2.42 bits per heavy atom. The predicted octanol–water partition coefficient (Wildman–Crippen LogP) is 7.07. The van der Waals surface area contributed by atoms with Gasteiger partial charge in [0, 0.05) is 22.7 Å². The molecule has 11 heteroatoms. The summed E-state index contributed by atoms with van der Waals surface area (Å²) in [6.07, 6.45) is -4.02. The van der Waals surface area contributed by atoms with Gasteiger partial charge in [-0.25, -0.2) is 4.79 Å². The predicted molar refractivity (Wildman–Crippen MR) is 134 cm³/mol. The molecule has 0 heterocycles. The van der Waals surface area contributed by atoms with Gasteiger partial charge in [-0.05, 0) is 67.4 Å². The third-order valence-electron chi connectivity index (χ3n) is 5.37. The first-order valence-corrected chi connectivity index (χ1v) is 13.1. The van der Waals surface area contributed by atoms with Crippen LogP contribution in [0.1, 0.15) is 31.4 Å². The molecule has 2 amide bonds. The molecule has 0 saturated carbocycles. The van der Waals surface area contributed by atoms with Gasteiger partial charge in [-0.2, -0.15) is 21.6 Å². The summed E-state index contributed by atoms with van der Waals surface area (Å²) in [6, 6.07) is 16.1. The number of benzene rings is 3. The van der Waals surface area contributed by atoms with E-state index in [4.69, 9.17) is 4.18 Å². The quantitative estimate of drug-likeness (QED) is 0.287. The van der Waals surface area contributed by atoms with Crippen LogP contribution in [-0.2, 0) is 22.8 Å². The number of nitrogens with one attached hydrogen (secondary N) is 1. The number of hydrogen-bond acceptors (Lipinski definition) is 4. The first-order chi connectivity index (χ1) is 16.9. The first kappa shape index (κ1) is 27.5. The van der Waals surface area contributed by atoms with Crippen LogP contribution in [0.3, 0.4) is 0 Å². The van der Waals surface area contributed by atoms with Crippen LogP contribution < -0.4 is 9.50 Å². The molecule has 0 aliphatic heterocycles.